The van der Waals surface area contributed by atoms with Gasteiger partial charge in [-0.05, 0) is 12.5 Å². The maximum atomic E-state index is 10.0. The number of aldehydes is 1. The summed E-state index contributed by atoms with van der Waals surface area (Å²) in [6, 6.07) is 0. The third kappa shape index (κ3) is 4.23. The first-order valence-electron chi connectivity index (χ1n) is 5.16. The zero-order valence-electron chi connectivity index (χ0n) is 8.24. The van der Waals surface area contributed by atoms with Crippen molar-refractivity contribution >= 4 is 6.29 Å². The minimum atomic E-state index is 0.229. The molecule has 1 saturated heterocycles. The molecule has 2 heteroatoms. The number of hydrogen-bond acceptors (Lipinski definition) is 2. The van der Waals surface area contributed by atoms with Crippen LogP contribution in [0.15, 0.2) is 12.2 Å². The fourth-order valence-corrected chi connectivity index (χ4v) is 1.49. The Kier molecular flexibility index (Phi) is 4.76. The monoisotopic (exact) mass is 182 g/mol. The second-order valence-electron chi connectivity index (χ2n) is 3.51. The second-order valence-corrected chi connectivity index (χ2v) is 3.51. The SMILES string of the molecule is CCCCCC[C@@H]1O[C@@H]1/C=C/C=O. The highest BCUT2D eigenvalue weighted by atomic mass is 16.6. The predicted octanol–water partition coefficient (Wildman–Crippen LogP) is 2.48. The van der Waals surface area contributed by atoms with Gasteiger partial charge in [-0.3, -0.25) is 4.79 Å². The van der Waals surface area contributed by atoms with Gasteiger partial charge in [0.1, 0.15) is 12.4 Å². The van der Waals surface area contributed by atoms with Crippen LogP contribution in [-0.2, 0) is 9.53 Å². The van der Waals surface area contributed by atoms with Gasteiger partial charge < -0.3 is 4.74 Å². The van der Waals surface area contributed by atoms with Crippen molar-refractivity contribution < 1.29 is 9.53 Å². The van der Waals surface area contributed by atoms with Crippen molar-refractivity contribution in [2.24, 2.45) is 0 Å². The lowest BCUT2D eigenvalue weighted by atomic mass is 10.1. The summed E-state index contributed by atoms with van der Waals surface area (Å²) >= 11 is 0. The highest BCUT2D eigenvalue weighted by Crippen LogP contribution is 2.28. The average Bonchev–Trinajstić information content (AvgIpc) is 2.88. The molecule has 0 aliphatic carbocycles. The molecule has 0 saturated carbocycles. The molecule has 1 aliphatic heterocycles. The molecule has 1 aliphatic rings. The first-order valence-corrected chi connectivity index (χ1v) is 5.16. The van der Waals surface area contributed by atoms with Gasteiger partial charge in [0.15, 0.2) is 0 Å². The average molecular weight is 182 g/mol. The van der Waals surface area contributed by atoms with E-state index in [0.29, 0.717) is 6.10 Å². The maximum absolute atomic E-state index is 10.0. The lowest BCUT2D eigenvalue weighted by molar-refractivity contribution is -0.104. The van der Waals surface area contributed by atoms with Crippen LogP contribution in [0.1, 0.15) is 39.0 Å². The van der Waals surface area contributed by atoms with E-state index in [-0.39, 0.29) is 6.10 Å². The molecular formula is C11H18O2. The molecule has 13 heavy (non-hydrogen) atoms. The van der Waals surface area contributed by atoms with Crippen molar-refractivity contribution in [1.29, 1.82) is 0 Å². The third-order valence-electron chi connectivity index (χ3n) is 2.34. The molecule has 0 aromatic rings. The number of carbonyl (C=O) groups excluding carboxylic acids is 1. The van der Waals surface area contributed by atoms with Crippen molar-refractivity contribution in [3.05, 3.63) is 12.2 Å². The smallest absolute Gasteiger partial charge is 0.142 e. The van der Waals surface area contributed by atoms with Crippen LogP contribution < -0.4 is 0 Å². The topological polar surface area (TPSA) is 29.6 Å². The molecule has 0 N–H and O–H groups in total. The highest BCUT2D eigenvalue weighted by molar-refractivity contribution is 5.64. The Morgan fingerprint density at radius 1 is 1.31 bits per heavy atom. The van der Waals surface area contributed by atoms with Crippen LogP contribution in [0, 0.1) is 0 Å². The number of epoxide rings is 1. The second kappa shape index (κ2) is 5.92. The standard InChI is InChI=1S/C11H18O2/c1-2-3-4-5-7-10-11(13-10)8-6-9-12/h6,8-11H,2-5,7H2,1H3/b8-6+/t10-,11+/m0/s1. The lowest BCUT2D eigenvalue weighted by Crippen LogP contribution is -1.90. The summed E-state index contributed by atoms with van der Waals surface area (Å²) in [5, 5.41) is 0. The lowest BCUT2D eigenvalue weighted by Gasteiger charge is -1.94. The number of unbranched alkanes of at least 4 members (excludes halogenated alkanes) is 3. The van der Waals surface area contributed by atoms with Crippen LogP contribution in [0.4, 0.5) is 0 Å². The molecule has 0 bridgehead atoms. The number of ether oxygens (including phenoxy) is 1. The third-order valence-corrected chi connectivity index (χ3v) is 2.34. The molecule has 2 nitrogen and oxygen atoms in total. The first-order chi connectivity index (χ1) is 6.38. The molecule has 1 fully saturated rings. The zero-order valence-corrected chi connectivity index (χ0v) is 8.24. The van der Waals surface area contributed by atoms with Crippen LogP contribution in [0.5, 0.6) is 0 Å². The molecule has 0 aromatic heterocycles. The molecule has 1 rings (SSSR count). The highest BCUT2D eigenvalue weighted by Gasteiger charge is 2.35. The Balaban J connectivity index is 1.94. The van der Waals surface area contributed by atoms with Gasteiger partial charge in [-0.2, -0.15) is 0 Å². The molecule has 0 radical (unpaired) electrons. The summed E-state index contributed by atoms with van der Waals surface area (Å²) in [7, 11) is 0. The molecule has 1 heterocycles. The van der Waals surface area contributed by atoms with E-state index >= 15 is 0 Å². The van der Waals surface area contributed by atoms with Crippen LogP contribution >= 0.6 is 0 Å². The van der Waals surface area contributed by atoms with Crippen molar-refractivity contribution in [1.82, 2.24) is 0 Å². The van der Waals surface area contributed by atoms with Gasteiger partial charge in [0.25, 0.3) is 0 Å². The number of allylic oxidation sites excluding steroid dienone is 1. The van der Waals surface area contributed by atoms with Crippen molar-refractivity contribution in [3.8, 4) is 0 Å². The van der Waals surface area contributed by atoms with E-state index in [1.165, 1.54) is 31.8 Å². The van der Waals surface area contributed by atoms with Crippen molar-refractivity contribution in [2.45, 2.75) is 51.2 Å². The maximum Gasteiger partial charge on any atom is 0.142 e. The number of carbonyl (C=O) groups is 1. The Bertz CT molecular complexity index is 175. The molecule has 0 aromatic carbocycles. The van der Waals surface area contributed by atoms with Crippen LogP contribution in [0.3, 0.4) is 0 Å². The summed E-state index contributed by atoms with van der Waals surface area (Å²) in [4.78, 5) is 10.0. The molecule has 74 valence electrons. The summed E-state index contributed by atoms with van der Waals surface area (Å²) < 4.78 is 5.35. The van der Waals surface area contributed by atoms with Gasteiger partial charge in [-0.1, -0.05) is 38.7 Å². The first kappa shape index (κ1) is 10.5. The van der Waals surface area contributed by atoms with E-state index in [0.717, 1.165) is 12.7 Å². The van der Waals surface area contributed by atoms with E-state index in [4.69, 9.17) is 4.74 Å². The Morgan fingerprint density at radius 3 is 2.85 bits per heavy atom. The Hall–Kier alpha value is -0.630. The summed E-state index contributed by atoms with van der Waals surface area (Å²) in [5.74, 6) is 0. The minimum absolute atomic E-state index is 0.229. The molecule has 0 unspecified atom stereocenters. The van der Waals surface area contributed by atoms with Gasteiger partial charge in [0.2, 0.25) is 0 Å². The largest absolute Gasteiger partial charge is 0.365 e. The van der Waals surface area contributed by atoms with E-state index < -0.39 is 0 Å². The van der Waals surface area contributed by atoms with Crippen LogP contribution in [0.2, 0.25) is 0 Å². The van der Waals surface area contributed by atoms with Gasteiger partial charge in [-0.25, -0.2) is 0 Å². The van der Waals surface area contributed by atoms with Gasteiger partial charge >= 0.3 is 0 Å². The molecule has 0 spiro atoms. The van der Waals surface area contributed by atoms with Gasteiger partial charge in [-0.15, -0.1) is 0 Å². The summed E-state index contributed by atoms with van der Waals surface area (Å²) in [6.07, 6.45) is 11.1. The fraction of sp³-hybridized carbons (Fsp3) is 0.727. The van der Waals surface area contributed by atoms with Gasteiger partial charge in [0, 0.05) is 0 Å². The van der Waals surface area contributed by atoms with Crippen LogP contribution in [-0.4, -0.2) is 18.5 Å². The Labute approximate surface area is 80.0 Å². The normalized spacial score (nSPS) is 26.5. The van der Waals surface area contributed by atoms with Crippen LogP contribution in [0.25, 0.3) is 0 Å². The number of hydrogen-bond donors (Lipinski definition) is 0. The molecule has 2 atom stereocenters. The van der Waals surface area contributed by atoms with Crippen molar-refractivity contribution in [3.63, 3.8) is 0 Å². The number of rotatable bonds is 7. The zero-order chi connectivity index (χ0) is 9.52. The van der Waals surface area contributed by atoms with Crippen molar-refractivity contribution in [2.75, 3.05) is 0 Å². The Morgan fingerprint density at radius 2 is 2.15 bits per heavy atom. The summed E-state index contributed by atoms with van der Waals surface area (Å²) in [5.41, 5.74) is 0. The quantitative estimate of drug-likeness (QED) is 0.262. The minimum Gasteiger partial charge on any atom is -0.365 e. The molecule has 0 amide bonds. The van der Waals surface area contributed by atoms with E-state index in [1.54, 1.807) is 0 Å². The molecular weight excluding hydrogens is 164 g/mol. The fourth-order valence-electron chi connectivity index (χ4n) is 1.49. The van der Waals surface area contributed by atoms with Gasteiger partial charge in [0.05, 0.1) is 6.10 Å². The van der Waals surface area contributed by atoms with E-state index in [2.05, 4.69) is 6.92 Å². The van der Waals surface area contributed by atoms with E-state index in [1.807, 2.05) is 6.08 Å². The summed E-state index contributed by atoms with van der Waals surface area (Å²) in [6.45, 7) is 2.21. The van der Waals surface area contributed by atoms with E-state index in [9.17, 15) is 4.79 Å². The predicted molar refractivity (Wildman–Crippen MR) is 52.6 cm³/mol.